The van der Waals surface area contributed by atoms with Crippen LogP contribution in [0.1, 0.15) is 12.5 Å². The molecular weight excluding hydrogens is 278 g/mol. The van der Waals surface area contributed by atoms with Crippen molar-refractivity contribution in [1.82, 2.24) is 4.31 Å². The van der Waals surface area contributed by atoms with Crippen molar-refractivity contribution in [3.05, 3.63) is 42.0 Å². The number of nitrogens with zero attached hydrogens (tertiary/aromatic N) is 1. The van der Waals surface area contributed by atoms with Crippen LogP contribution in [0.4, 0.5) is 0 Å². The van der Waals surface area contributed by atoms with E-state index < -0.39 is 16.0 Å². The van der Waals surface area contributed by atoms with Gasteiger partial charge in [-0.25, -0.2) is 13.2 Å². The largest absolute Gasteiger partial charge is 0.466 e. The van der Waals surface area contributed by atoms with Crippen molar-refractivity contribution in [2.45, 2.75) is 30.8 Å². The summed E-state index contributed by atoms with van der Waals surface area (Å²) < 4.78 is 30.7. The monoisotopic (exact) mass is 295 g/mol. The first-order valence-electron chi connectivity index (χ1n) is 6.24. The number of sulfonamides is 1. The molecule has 108 valence electrons. The maximum absolute atomic E-state index is 12.4. The first-order chi connectivity index (χ1) is 9.37. The second-order valence-electron chi connectivity index (χ2n) is 4.76. The van der Waals surface area contributed by atoms with Crippen LogP contribution in [0.25, 0.3) is 0 Å². The van der Waals surface area contributed by atoms with Gasteiger partial charge in [0.25, 0.3) is 0 Å². The molecule has 0 radical (unpaired) electrons. The summed E-state index contributed by atoms with van der Waals surface area (Å²) in [6.07, 6.45) is 2.81. The highest BCUT2D eigenvalue weighted by molar-refractivity contribution is 7.89. The fourth-order valence-corrected chi connectivity index (χ4v) is 3.85. The number of esters is 1. The van der Waals surface area contributed by atoms with Crippen molar-refractivity contribution in [2.24, 2.45) is 0 Å². The van der Waals surface area contributed by atoms with Gasteiger partial charge < -0.3 is 4.74 Å². The van der Waals surface area contributed by atoms with Crippen LogP contribution in [0, 0.1) is 6.92 Å². The van der Waals surface area contributed by atoms with Gasteiger partial charge in [-0.2, -0.15) is 4.31 Å². The smallest absolute Gasteiger partial charge is 0.330 e. The molecule has 0 aliphatic carbocycles. The van der Waals surface area contributed by atoms with Crippen LogP contribution in [0.3, 0.4) is 0 Å². The van der Waals surface area contributed by atoms with E-state index in [1.807, 2.05) is 6.92 Å². The van der Waals surface area contributed by atoms with E-state index in [1.165, 1.54) is 17.5 Å². The van der Waals surface area contributed by atoms with E-state index in [2.05, 4.69) is 4.74 Å². The van der Waals surface area contributed by atoms with E-state index in [9.17, 15) is 13.2 Å². The zero-order valence-electron chi connectivity index (χ0n) is 11.6. The molecule has 6 heteroatoms. The highest BCUT2D eigenvalue weighted by atomic mass is 32.2. The number of hydrogen-bond donors (Lipinski definition) is 0. The number of rotatable bonds is 4. The van der Waals surface area contributed by atoms with E-state index in [0.29, 0.717) is 0 Å². The molecule has 1 saturated heterocycles. The van der Waals surface area contributed by atoms with Gasteiger partial charge in [0, 0.05) is 12.1 Å². The quantitative estimate of drug-likeness (QED) is 0.479. The second-order valence-corrected chi connectivity index (χ2v) is 6.60. The molecule has 0 spiro atoms. The average molecular weight is 295 g/mol. The zero-order chi connectivity index (χ0) is 14.9. The number of carbonyl (C=O) groups excluding carboxylic acids is 1. The standard InChI is InChI=1S/C14H17NO4S/c1-10-4-6-12(7-5-10)20(17,18)15-11(2)13(15)8-9-14(16)19-3/h4-9,11,13H,1-3H3/b9-8+/t11-,13+,15?/m1/s1. The number of methoxy groups -OCH3 is 1. The van der Waals surface area contributed by atoms with Crippen LogP contribution in [0.5, 0.6) is 0 Å². The first-order valence-corrected chi connectivity index (χ1v) is 7.68. The van der Waals surface area contributed by atoms with E-state index in [1.54, 1.807) is 37.3 Å². The molecule has 0 amide bonds. The van der Waals surface area contributed by atoms with Crippen molar-refractivity contribution in [3.63, 3.8) is 0 Å². The normalized spacial score (nSPS) is 25.6. The Balaban J connectivity index is 2.18. The van der Waals surface area contributed by atoms with E-state index in [0.717, 1.165) is 5.56 Å². The van der Waals surface area contributed by atoms with Gasteiger partial charge in [-0.15, -0.1) is 0 Å². The summed E-state index contributed by atoms with van der Waals surface area (Å²) in [5.74, 6) is -0.489. The maximum atomic E-state index is 12.4. The van der Waals surface area contributed by atoms with Crippen LogP contribution in [-0.2, 0) is 19.6 Å². The van der Waals surface area contributed by atoms with Crippen molar-refractivity contribution in [1.29, 1.82) is 0 Å². The Morgan fingerprint density at radius 2 is 1.90 bits per heavy atom. The molecule has 1 fully saturated rings. The van der Waals surface area contributed by atoms with E-state index in [4.69, 9.17) is 0 Å². The molecule has 1 aromatic rings. The summed E-state index contributed by atoms with van der Waals surface area (Å²) in [4.78, 5) is 11.3. The number of ether oxygens (including phenoxy) is 1. The third kappa shape index (κ3) is 2.76. The first kappa shape index (κ1) is 14.7. The Hall–Kier alpha value is -1.66. The van der Waals surface area contributed by atoms with Gasteiger partial charge >= 0.3 is 5.97 Å². The average Bonchev–Trinajstić information content (AvgIpc) is 3.07. The highest BCUT2D eigenvalue weighted by Crippen LogP contribution is 2.36. The van der Waals surface area contributed by atoms with E-state index >= 15 is 0 Å². The van der Waals surface area contributed by atoms with Crippen molar-refractivity contribution >= 4 is 16.0 Å². The van der Waals surface area contributed by atoms with Gasteiger partial charge in [0.1, 0.15) is 0 Å². The molecule has 1 heterocycles. The molecule has 2 rings (SSSR count). The summed E-state index contributed by atoms with van der Waals surface area (Å²) in [6, 6.07) is 6.27. The van der Waals surface area contributed by atoms with Crippen molar-refractivity contribution in [3.8, 4) is 0 Å². The molecule has 0 N–H and O–H groups in total. The molecule has 1 aromatic carbocycles. The lowest BCUT2D eigenvalue weighted by Gasteiger charge is -2.05. The van der Waals surface area contributed by atoms with Crippen LogP contribution in [-0.4, -0.2) is 37.9 Å². The Bertz CT molecular complexity index is 634. The Labute approximate surface area is 118 Å². The van der Waals surface area contributed by atoms with Gasteiger partial charge in [-0.05, 0) is 26.0 Å². The molecule has 1 aliphatic rings. The third-order valence-electron chi connectivity index (χ3n) is 3.33. The molecule has 1 unspecified atom stereocenters. The van der Waals surface area contributed by atoms with Gasteiger partial charge in [0.15, 0.2) is 0 Å². The van der Waals surface area contributed by atoms with Gasteiger partial charge in [-0.3, -0.25) is 0 Å². The molecule has 0 bridgehead atoms. The lowest BCUT2D eigenvalue weighted by molar-refractivity contribution is -0.134. The fourth-order valence-electron chi connectivity index (χ4n) is 2.05. The molecule has 1 aliphatic heterocycles. The van der Waals surface area contributed by atoms with Crippen molar-refractivity contribution < 1.29 is 17.9 Å². The molecule has 3 atom stereocenters. The number of carbonyl (C=O) groups is 1. The van der Waals surface area contributed by atoms with Gasteiger partial charge in [0.05, 0.1) is 18.0 Å². The summed E-state index contributed by atoms with van der Waals surface area (Å²) in [6.45, 7) is 3.70. The number of hydrogen-bond acceptors (Lipinski definition) is 4. The zero-order valence-corrected chi connectivity index (χ0v) is 12.4. The molecule has 20 heavy (non-hydrogen) atoms. The topological polar surface area (TPSA) is 63.5 Å². The minimum absolute atomic E-state index is 0.151. The van der Waals surface area contributed by atoms with E-state index in [-0.39, 0.29) is 17.0 Å². The minimum atomic E-state index is -3.51. The fraction of sp³-hybridized carbons (Fsp3) is 0.357. The van der Waals surface area contributed by atoms with Crippen LogP contribution in [0.2, 0.25) is 0 Å². The molecule has 0 saturated carbocycles. The Morgan fingerprint density at radius 1 is 1.30 bits per heavy atom. The lowest BCUT2D eigenvalue weighted by atomic mass is 10.2. The molecule has 5 nitrogen and oxygen atoms in total. The summed E-state index contributed by atoms with van der Waals surface area (Å²) >= 11 is 0. The lowest BCUT2D eigenvalue weighted by Crippen LogP contribution is -2.15. The number of benzene rings is 1. The summed E-state index contributed by atoms with van der Waals surface area (Å²) in [5.41, 5.74) is 1.00. The summed E-state index contributed by atoms with van der Waals surface area (Å²) in [5, 5.41) is 0. The SMILES string of the molecule is COC(=O)/C=C/[C@H]1[C@@H](C)N1S(=O)(=O)c1ccc(C)cc1. The van der Waals surface area contributed by atoms with Crippen LogP contribution < -0.4 is 0 Å². The van der Waals surface area contributed by atoms with Gasteiger partial charge in [-0.1, -0.05) is 23.8 Å². The maximum Gasteiger partial charge on any atom is 0.330 e. The van der Waals surface area contributed by atoms with Crippen LogP contribution in [0.15, 0.2) is 41.3 Å². The third-order valence-corrected chi connectivity index (χ3v) is 5.33. The summed E-state index contributed by atoms with van der Waals surface area (Å²) in [7, 11) is -2.22. The molecule has 0 aromatic heterocycles. The van der Waals surface area contributed by atoms with Crippen molar-refractivity contribution in [2.75, 3.05) is 7.11 Å². The molecular formula is C14H17NO4S. The van der Waals surface area contributed by atoms with Crippen LogP contribution >= 0.6 is 0 Å². The highest BCUT2D eigenvalue weighted by Gasteiger charge is 2.51. The van der Waals surface area contributed by atoms with Gasteiger partial charge in [0.2, 0.25) is 10.0 Å². The Morgan fingerprint density at radius 3 is 2.45 bits per heavy atom. The predicted molar refractivity (Wildman–Crippen MR) is 74.6 cm³/mol. The predicted octanol–water partition coefficient (Wildman–Crippen LogP) is 1.49. The Kier molecular flexibility index (Phi) is 3.96. The minimum Gasteiger partial charge on any atom is -0.466 e. The number of aryl methyl sites for hydroxylation is 1. The second kappa shape index (κ2) is 5.38.